The molecule has 1 fully saturated rings. The van der Waals surface area contributed by atoms with E-state index in [4.69, 9.17) is 0 Å². The number of aryl methyl sites for hydroxylation is 1. The fourth-order valence-electron chi connectivity index (χ4n) is 3.07. The molecule has 9 nitrogen and oxygen atoms in total. The Hall–Kier alpha value is -3.23. The normalized spacial score (nSPS) is 17.2. The summed E-state index contributed by atoms with van der Waals surface area (Å²) in [4.78, 5) is 30.9. The monoisotopic (exact) mass is 339 g/mol. The first-order valence-electron chi connectivity index (χ1n) is 7.99. The van der Waals surface area contributed by atoms with E-state index in [-0.39, 0.29) is 23.1 Å². The second kappa shape index (κ2) is 6.00. The lowest BCUT2D eigenvalue weighted by molar-refractivity contribution is 0.0938. The van der Waals surface area contributed by atoms with Crippen LogP contribution in [-0.2, 0) is 7.05 Å². The molecule has 0 aliphatic carbocycles. The van der Waals surface area contributed by atoms with E-state index in [2.05, 4.69) is 25.4 Å². The minimum absolute atomic E-state index is 0.0533. The third-order valence-electron chi connectivity index (χ3n) is 4.39. The third kappa shape index (κ3) is 2.73. The molecule has 1 amide bonds. The first kappa shape index (κ1) is 15.3. The van der Waals surface area contributed by atoms with Crippen molar-refractivity contribution in [1.29, 1.82) is 0 Å². The molecular formula is C16H17N7O2. The molecule has 3 aromatic heterocycles. The highest BCUT2D eigenvalue weighted by atomic mass is 16.2. The number of aromatic nitrogens is 5. The van der Waals surface area contributed by atoms with Crippen LogP contribution in [0.15, 0.2) is 41.8 Å². The summed E-state index contributed by atoms with van der Waals surface area (Å²) in [5.41, 5.74) is 0.539. The van der Waals surface area contributed by atoms with E-state index in [1.807, 2.05) is 4.40 Å². The molecule has 4 rings (SSSR count). The van der Waals surface area contributed by atoms with Gasteiger partial charge in [0.15, 0.2) is 5.82 Å². The number of amides is 1. The van der Waals surface area contributed by atoms with Gasteiger partial charge in [-0.05, 0) is 18.6 Å². The molecular weight excluding hydrogens is 322 g/mol. The molecule has 25 heavy (non-hydrogen) atoms. The fraction of sp³-hybridized carbons (Fsp3) is 0.312. The van der Waals surface area contributed by atoms with Gasteiger partial charge in [0.2, 0.25) is 5.65 Å². The van der Waals surface area contributed by atoms with Gasteiger partial charge in [0.05, 0.1) is 0 Å². The second-order valence-electron chi connectivity index (χ2n) is 6.06. The van der Waals surface area contributed by atoms with Crippen LogP contribution in [0, 0.1) is 0 Å². The van der Waals surface area contributed by atoms with Gasteiger partial charge in [0, 0.05) is 44.8 Å². The predicted molar refractivity (Wildman–Crippen MR) is 90.5 cm³/mol. The molecule has 0 unspecified atom stereocenters. The average Bonchev–Trinajstić information content (AvgIpc) is 3.26. The Morgan fingerprint density at radius 2 is 2.24 bits per heavy atom. The van der Waals surface area contributed by atoms with Gasteiger partial charge >= 0.3 is 0 Å². The molecule has 1 aliphatic rings. The first-order valence-corrected chi connectivity index (χ1v) is 7.99. The van der Waals surface area contributed by atoms with Crippen LogP contribution in [0.2, 0.25) is 0 Å². The molecule has 1 saturated heterocycles. The Kier molecular flexibility index (Phi) is 3.68. The molecule has 0 saturated carbocycles. The zero-order chi connectivity index (χ0) is 17.4. The van der Waals surface area contributed by atoms with Crippen LogP contribution in [0.4, 0.5) is 5.82 Å². The summed E-state index contributed by atoms with van der Waals surface area (Å²) in [7, 11) is 1.63. The standard InChI is InChI=1S/C16H17N7O2/c1-21-6-2-3-12(16(21)25)15(24)19-11-4-7-22(9-11)13-14-20-18-10-23(14)8-5-17-13/h2-3,5-6,8,10-11H,4,7,9H2,1H3,(H,19,24)/t11-/m0/s1. The lowest BCUT2D eigenvalue weighted by atomic mass is 10.2. The number of nitrogens with zero attached hydrogens (tertiary/aromatic N) is 6. The number of hydrogen-bond acceptors (Lipinski definition) is 6. The summed E-state index contributed by atoms with van der Waals surface area (Å²) >= 11 is 0. The van der Waals surface area contributed by atoms with E-state index >= 15 is 0 Å². The van der Waals surface area contributed by atoms with Crippen molar-refractivity contribution in [3.8, 4) is 0 Å². The van der Waals surface area contributed by atoms with Crippen molar-refractivity contribution in [2.45, 2.75) is 12.5 Å². The van der Waals surface area contributed by atoms with Crippen molar-refractivity contribution in [3.05, 3.63) is 53.0 Å². The van der Waals surface area contributed by atoms with Gasteiger partial charge in [-0.2, -0.15) is 0 Å². The smallest absolute Gasteiger partial charge is 0.263 e. The van der Waals surface area contributed by atoms with Crippen molar-refractivity contribution in [3.63, 3.8) is 0 Å². The maximum atomic E-state index is 12.4. The van der Waals surface area contributed by atoms with Crippen molar-refractivity contribution in [2.24, 2.45) is 7.05 Å². The number of carbonyl (C=O) groups is 1. The molecule has 1 atom stereocenters. The maximum Gasteiger partial charge on any atom is 0.263 e. The van der Waals surface area contributed by atoms with Crippen LogP contribution in [0.5, 0.6) is 0 Å². The lowest BCUT2D eigenvalue weighted by Crippen LogP contribution is -2.40. The predicted octanol–water partition coefficient (Wildman–Crippen LogP) is -0.168. The molecule has 4 heterocycles. The maximum absolute atomic E-state index is 12.4. The van der Waals surface area contributed by atoms with E-state index in [0.29, 0.717) is 12.2 Å². The summed E-state index contributed by atoms with van der Waals surface area (Å²) in [6, 6.07) is 3.18. The Labute approximate surface area is 142 Å². The summed E-state index contributed by atoms with van der Waals surface area (Å²) in [5, 5.41) is 10.9. The van der Waals surface area contributed by atoms with E-state index in [0.717, 1.165) is 18.8 Å². The van der Waals surface area contributed by atoms with Gasteiger partial charge in [-0.25, -0.2) is 4.98 Å². The van der Waals surface area contributed by atoms with Crippen molar-refractivity contribution < 1.29 is 4.79 Å². The van der Waals surface area contributed by atoms with Gasteiger partial charge in [0.1, 0.15) is 11.9 Å². The number of carbonyl (C=O) groups excluding carboxylic acids is 1. The second-order valence-corrected chi connectivity index (χ2v) is 6.06. The molecule has 9 heteroatoms. The average molecular weight is 339 g/mol. The van der Waals surface area contributed by atoms with Crippen molar-refractivity contribution >= 4 is 17.4 Å². The number of fused-ring (bicyclic) bond motifs is 1. The molecule has 1 N–H and O–H groups in total. The largest absolute Gasteiger partial charge is 0.351 e. The minimum Gasteiger partial charge on any atom is -0.351 e. The highest BCUT2D eigenvalue weighted by Crippen LogP contribution is 2.21. The number of pyridine rings is 1. The SMILES string of the molecule is Cn1cccc(C(=O)N[C@H]2CCN(c3nccn4cnnc34)C2)c1=O. The number of anilines is 1. The van der Waals surface area contributed by atoms with Crippen LogP contribution >= 0.6 is 0 Å². The number of nitrogens with one attached hydrogen (secondary N) is 1. The van der Waals surface area contributed by atoms with Gasteiger partial charge in [0.25, 0.3) is 11.5 Å². The van der Waals surface area contributed by atoms with Crippen LogP contribution in [0.3, 0.4) is 0 Å². The minimum atomic E-state index is -0.346. The van der Waals surface area contributed by atoms with Gasteiger partial charge in [-0.15, -0.1) is 10.2 Å². The van der Waals surface area contributed by atoms with Crippen LogP contribution < -0.4 is 15.8 Å². The molecule has 0 spiro atoms. The fourth-order valence-corrected chi connectivity index (χ4v) is 3.07. The summed E-state index contributed by atoms with van der Waals surface area (Å²) < 4.78 is 3.20. The summed E-state index contributed by atoms with van der Waals surface area (Å²) in [5.74, 6) is 0.397. The van der Waals surface area contributed by atoms with Crippen LogP contribution in [-0.4, -0.2) is 49.2 Å². The van der Waals surface area contributed by atoms with Crippen LogP contribution in [0.1, 0.15) is 16.8 Å². The Morgan fingerprint density at radius 3 is 3.12 bits per heavy atom. The van der Waals surface area contributed by atoms with E-state index in [1.54, 1.807) is 44.1 Å². The highest BCUT2D eigenvalue weighted by Gasteiger charge is 2.27. The Bertz CT molecular complexity index is 993. The molecule has 3 aromatic rings. The third-order valence-corrected chi connectivity index (χ3v) is 4.39. The number of rotatable bonds is 3. The molecule has 0 aromatic carbocycles. The molecule has 128 valence electrons. The van der Waals surface area contributed by atoms with Gasteiger partial charge in [-0.1, -0.05) is 0 Å². The van der Waals surface area contributed by atoms with Crippen LogP contribution in [0.25, 0.3) is 5.65 Å². The Morgan fingerprint density at radius 1 is 1.36 bits per heavy atom. The highest BCUT2D eigenvalue weighted by molar-refractivity contribution is 5.94. The Balaban J connectivity index is 1.49. The van der Waals surface area contributed by atoms with E-state index < -0.39 is 0 Å². The van der Waals surface area contributed by atoms with Gasteiger partial charge in [-0.3, -0.25) is 14.0 Å². The number of hydrogen-bond donors (Lipinski definition) is 1. The van der Waals surface area contributed by atoms with Crippen molar-refractivity contribution in [2.75, 3.05) is 18.0 Å². The quantitative estimate of drug-likeness (QED) is 0.712. The van der Waals surface area contributed by atoms with Gasteiger partial charge < -0.3 is 14.8 Å². The zero-order valence-corrected chi connectivity index (χ0v) is 13.7. The first-order chi connectivity index (χ1) is 12.1. The zero-order valence-electron chi connectivity index (χ0n) is 13.7. The summed E-state index contributed by atoms with van der Waals surface area (Å²) in [6.07, 6.45) is 7.52. The van der Waals surface area contributed by atoms with E-state index in [9.17, 15) is 9.59 Å². The van der Waals surface area contributed by atoms with E-state index in [1.165, 1.54) is 4.57 Å². The molecule has 1 aliphatic heterocycles. The molecule has 0 radical (unpaired) electrons. The topological polar surface area (TPSA) is 97.4 Å². The molecule has 0 bridgehead atoms. The lowest BCUT2D eigenvalue weighted by Gasteiger charge is -2.18. The van der Waals surface area contributed by atoms with Crippen molar-refractivity contribution in [1.82, 2.24) is 29.5 Å². The summed E-state index contributed by atoms with van der Waals surface area (Å²) in [6.45, 7) is 1.36.